The van der Waals surface area contributed by atoms with Gasteiger partial charge in [0, 0.05) is 13.2 Å². The molecule has 3 heteroatoms. The Balaban J connectivity index is 2.18. The van der Waals surface area contributed by atoms with Gasteiger partial charge < -0.3 is 9.53 Å². The van der Waals surface area contributed by atoms with Crippen LogP contribution in [0.4, 0.5) is 4.39 Å². The number of halogens is 1. The van der Waals surface area contributed by atoms with Crippen LogP contribution in [0.25, 0.3) is 0 Å². The van der Waals surface area contributed by atoms with Crippen molar-refractivity contribution < 1.29 is 13.9 Å². The summed E-state index contributed by atoms with van der Waals surface area (Å²) in [6, 6.07) is 0. The van der Waals surface area contributed by atoms with Crippen LogP contribution >= 0.6 is 0 Å². The van der Waals surface area contributed by atoms with Gasteiger partial charge in [-0.05, 0) is 25.2 Å². The minimum Gasteiger partial charge on any atom is -0.381 e. The Labute approximate surface area is 65.7 Å². The van der Waals surface area contributed by atoms with Crippen molar-refractivity contribution in [2.24, 2.45) is 5.92 Å². The molecule has 0 aromatic heterocycles. The summed E-state index contributed by atoms with van der Waals surface area (Å²) in [5, 5.41) is 0. The number of carbonyl (C=O) groups excluding carboxylic acids is 1. The summed E-state index contributed by atoms with van der Waals surface area (Å²) in [4.78, 5) is 9.96. The van der Waals surface area contributed by atoms with Crippen LogP contribution < -0.4 is 0 Å². The van der Waals surface area contributed by atoms with Crippen LogP contribution in [0.3, 0.4) is 0 Å². The lowest BCUT2D eigenvalue weighted by molar-refractivity contribution is -0.112. The zero-order valence-electron chi connectivity index (χ0n) is 6.46. The third-order valence-electron chi connectivity index (χ3n) is 1.96. The van der Waals surface area contributed by atoms with Gasteiger partial charge in [0.05, 0.1) is 0 Å². The van der Waals surface area contributed by atoms with Crippen molar-refractivity contribution in [3.8, 4) is 0 Å². The van der Waals surface area contributed by atoms with Crippen molar-refractivity contribution in [3.05, 3.63) is 0 Å². The third kappa shape index (κ3) is 2.97. The molecule has 0 N–H and O–H groups in total. The molecule has 0 aromatic rings. The Morgan fingerprint density at radius 1 is 1.73 bits per heavy atom. The highest BCUT2D eigenvalue weighted by atomic mass is 19.1. The van der Waals surface area contributed by atoms with Gasteiger partial charge in [-0.3, -0.25) is 0 Å². The van der Waals surface area contributed by atoms with E-state index in [0.29, 0.717) is 19.3 Å². The van der Waals surface area contributed by atoms with Crippen LogP contribution in [0.2, 0.25) is 0 Å². The van der Waals surface area contributed by atoms with Gasteiger partial charge in [0.15, 0.2) is 12.5 Å². The molecular formula is C8H13FO2. The maximum atomic E-state index is 12.5. The molecule has 2 nitrogen and oxygen atoms in total. The second-order valence-electron chi connectivity index (χ2n) is 2.97. The molecule has 1 rings (SSSR count). The van der Waals surface area contributed by atoms with E-state index in [9.17, 15) is 9.18 Å². The van der Waals surface area contributed by atoms with E-state index in [-0.39, 0.29) is 5.92 Å². The van der Waals surface area contributed by atoms with Gasteiger partial charge in [0.25, 0.3) is 0 Å². The van der Waals surface area contributed by atoms with Crippen molar-refractivity contribution >= 4 is 6.29 Å². The molecule has 1 saturated heterocycles. The summed E-state index contributed by atoms with van der Waals surface area (Å²) in [5.41, 5.74) is 0. The summed E-state index contributed by atoms with van der Waals surface area (Å²) in [6.45, 7) is 1.41. The smallest absolute Gasteiger partial charge is 0.155 e. The fourth-order valence-corrected chi connectivity index (χ4v) is 1.37. The highest BCUT2D eigenvalue weighted by molar-refractivity contribution is 5.55. The SMILES string of the molecule is O=CC(F)CC1CCCOC1. The van der Waals surface area contributed by atoms with Crippen molar-refractivity contribution in [1.82, 2.24) is 0 Å². The largest absolute Gasteiger partial charge is 0.381 e. The lowest BCUT2D eigenvalue weighted by atomic mass is 9.96. The Morgan fingerprint density at radius 3 is 3.09 bits per heavy atom. The molecule has 11 heavy (non-hydrogen) atoms. The average Bonchev–Trinajstić information content (AvgIpc) is 2.06. The van der Waals surface area contributed by atoms with Gasteiger partial charge in [-0.2, -0.15) is 0 Å². The standard InChI is InChI=1S/C8H13FO2/c9-8(5-10)4-7-2-1-3-11-6-7/h5,7-8H,1-4,6H2. The number of alkyl halides is 1. The topological polar surface area (TPSA) is 26.3 Å². The molecule has 1 aliphatic heterocycles. The molecule has 1 heterocycles. The molecule has 1 fully saturated rings. The molecule has 2 unspecified atom stereocenters. The number of aldehydes is 1. The summed E-state index contributed by atoms with van der Waals surface area (Å²) in [6.07, 6.45) is 1.41. The second-order valence-corrected chi connectivity index (χ2v) is 2.97. The minimum absolute atomic E-state index is 0.254. The van der Waals surface area contributed by atoms with Crippen LogP contribution in [0.5, 0.6) is 0 Å². The van der Waals surface area contributed by atoms with Crippen molar-refractivity contribution in [1.29, 1.82) is 0 Å². The summed E-state index contributed by atoms with van der Waals surface area (Å²) in [7, 11) is 0. The number of hydrogen-bond donors (Lipinski definition) is 0. The van der Waals surface area contributed by atoms with E-state index in [1.54, 1.807) is 0 Å². The van der Waals surface area contributed by atoms with Gasteiger partial charge in [-0.1, -0.05) is 0 Å². The third-order valence-corrected chi connectivity index (χ3v) is 1.96. The van der Waals surface area contributed by atoms with Crippen LogP contribution in [0.1, 0.15) is 19.3 Å². The zero-order chi connectivity index (χ0) is 8.10. The van der Waals surface area contributed by atoms with E-state index in [4.69, 9.17) is 4.74 Å². The first kappa shape index (κ1) is 8.65. The number of ether oxygens (including phenoxy) is 1. The predicted octanol–water partition coefficient (Wildman–Crippen LogP) is 1.34. The van der Waals surface area contributed by atoms with Crippen molar-refractivity contribution in [2.45, 2.75) is 25.4 Å². The molecule has 64 valence electrons. The molecule has 0 spiro atoms. The van der Waals surface area contributed by atoms with E-state index in [1.807, 2.05) is 0 Å². The highest BCUT2D eigenvalue weighted by Crippen LogP contribution is 2.19. The maximum Gasteiger partial charge on any atom is 0.155 e. The first-order chi connectivity index (χ1) is 5.33. The average molecular weight is 160 g/mol. The predicted molar refractivity (Wildman–Crippen MR) is 39.1 cm³/mol. The number of hydrogen-bond acceptors (Lipinski definition) is 2. The summed E-state index contributed by atoms with van der Waals surface area (Å²) < 4.78 is 17.6. The molecule has 2 atom stereocenters. The van der Waals surface area contributed by atoms with Crippen LogP contribution in [0.15, 0.2) is 0 Å². The lowest BCUT2D eigenvalue weighted by Gasteiger charge is -2.21. The summed E-state index contributed by atoms with van der Waals surface area (Å²) >= 11 is 0. The van der Waals surface area contributed by atoms with Gasteiger partial charge in [-0.25, -0.2) is 4.39 Å². The molecular weight excluding hydrogens is 147 g/mol. The lowest BCUT2D eigenvalue weighted by Crippen LogP contribution is -2.21. The van der Waals surface area contributed by atoms with Crippen LogP contribution in [0, 0.1) is 5.92 Å². The summed E-state index contributed by atoms with van der Waals surface area (Å²) in [5.74, 6) is 0.254. The Morgan fingerprint density at radius 2 is 2.55 bits per heavy atom. The number of rotatable bonds is 3. The van der Waals surface area contributed by atoms with Crippen LogP contribution in [-0.4, -0.2) is 25.7 Å². The number of carbonyl (C=O) groups is 1. The Kier molecular flexibility index (Phi) is 3.49. The molecule has 0 amide bonds. The quantitative estimate of drug-likeness (QED) is 0.582. The Bertz CT molecular complexity index is 121. The van der Waals surface area contributed by atoms with Gasteiger partial charge >= 0.3 is 0 Å². The molecule has 0 bridgehead atoms. The fraction of sp³-hybridized carbons (Fsp3) is 0.875. The van der Waals surface area contributed by atoms with Crippen molar-refractivity contribution in [2.75, 3.05) is 13.2 Å². The van der Waals surface area contributed by atoms with Gasteiger partial charge in [0.2, 0.25) is 0 Å². The minimum atomic E-state index is -1.29. The zero-order valence-corrected chi connectivity index (χ0v) is 6.46. The monoisotopic (exact) mass is 160 g/mol. The molecule has 0 aromatic carbocycles. The van der Waals surface area contributed by atoms with Gasteiger partial charge in [0.1, 0.15) is 0 Å². The van der Waals surface area contributed by atoms with E-state index in [1.165, 1.54) is 0 Å². The Hall–Kier alpha value is -0.440. The normalized spacial score (nSPS) is 27.9. The molecule has 0 radical (unpaired) electrons. The fourth-order valence-electron chi connectivity index (χ4n) is 1.37. The van der Waals surface area contributed by atoms with Crippen molar-refractivity contribution in [3.63, 3.8) is 0 Å². The van der Waals surface area contributed by atoms with E-state index >= 15 is 0 Å². The molecule has 0 saturated carbocycles. The first-order valence-electron chi connectivity index (χ1n) is 4.00. The van der Waals surface area contributed by atoms with Crippen LogP contribution in [-0.2, 0) is 9.53 Å². The molecule has 0 aliphatic carbocycles. The first-order valence-corrected chi connectivity index (χ1v) is 4.00. The van der Waals surface area contributed by atoms with E-state index in [2.05, 4.69) is 0 Å². The second kappa shape index (κ2) is 4.44. The molecule has 1 aliphatic rings. The maximum absolute atomic E-state index is 12.5. The van der Waals surface area contributed by atoms with E-state index < -0.39 is 6.17 Å². The highest BCUT2D eigenvalue weighted by Gasteiger charge is 2.18. The van der Waals surface area contributed by atoms with E-state index in [0.717, 1.165) is 19.4 Å². The van der Waals surface area contributed by atoms with Gasteiger partial charge in [-0.15, -0.1) is 0 Å².